The number of nitrogens with one attached hydrogen (secondary N) is 1. The summed E-state index contributed by atoms with van der Waals surface area (Å²) < 4.78 is 0. The van der Waals surface area contributed by atoms with E-state index in [2.05, 4.69) is 11.9 Å². The van der Waals surface area contributed by atoms with E-state index in [-0.39, 0.29) is 24.3 Å². The van der Waals surface area contributed by atoms with Crippen LogP contribution in [-0.4, -0.2) is 42.3 Å². The van der Waals surface area contributed by atoms with Crippen molar-refractivity contribution in [2.45, 2.75) is 32.7 Å². The van der Waals surface area contributed by atoms with Crippen molar-refractivity contribution in [3.63, 3.8) is 0 Å². The average molecular weight is 420 g/mol. The molecule has 0 bridgehead atoms. The third kappa shape index (κ3) is 6.04. The molecule has 0 aromatic heterocycles. The lowest BCUT2D eigenvalue weighted by Crippen LogP contribution is -2.45. The molecule has 1 aliphatic heterocycles. The molecule has 1 saturated heterocycles. The molecule has 3 amide bonds. The SMILES string of the molecule is C=CC(=O)NCc1ccc(C(=O)N(CC(=O)N2CCCCC2)c2ccc(C)cc2)cc1. The molecule has 1 aliphatic rings. The van der Waals surface area contributed by atoms with Gasteiger partial charge in [-0.3, -0.25) is 19.3 Å². The van der Waals surface area contributed by atoms with Crippen LogP contribution in [-0.2, 0) is 16.1 Å². The Labute approximate surface area is 183 Å². The summed E-state index contributed by atoms with van der Waals surface area (Å²) >= 11 is 0. The topological polar surface area (TPSA) is 69.7 Å². The lowest BCUT2D eigenvalue weighted by atomic mass is 10.1. The van der Waals surface area contributed by atoms with Gasteiger partial charge in [0.15, 0.2) is 0 Å². The third-order valence-corrected chi connectivity index (χ3v) is 5.45. The van der Waals surface area contributed by atoms with Gasteiger partial charge in [0.25, 0.3) is 5.91 Å². The molecule has 1 N–H and O–H groups in total. The molecule has 2 aromatic carbocycles. The van der Waals surface area contributed by atoms with Crippen LogP contribution in [0.4, 0.5) is 5.69 Å². The van der Waals surface area contributed by atoms with Gasteiger partial charge in [-0.15, -0.1) is 0 Å². The van der Waals surface area contributed by atoms with Crippen LogP contribution in [0.3, 0.4) is 0 Å². The lowest BCUT2D eigenvalue weighted by Gasteiger charge is -2.30. The average Bonchev–Trinajstić information content (AvgIpc) is 2.82. The Hall–Kier alpha value is -3.41. The minimum atomic E-state index is -0.248. The van der Waals surface area contributed by atoms with E-state index in [0.717, 1.165) is 43.5 Å². The van der Waals surface area contributed by atoms with Crippen LogP contribution in [0.15, 0.2) is 61.2 Å². The van der Waals surface area contributed by atoms with E-state index in [1.807, 2.05) is 36.1 Å². The maximum Gasteiger partial charge on any atom is 0.258 e. The Kier molecular flexibility index (Phi) is 7.60. The summed E-state index contributed by atoms with van der Waals surface area (Å²) in [6.07, 6.45) is 4.38. The fourth-order valence-corrected chi connectivity index (χ4v) is 3.57. The number of benzene rings is 2. The first-order valence-electron chi connectivity index (χ1n) is 10.6. The molecule has 0 radical (unpaired) electrons. The zero-order chi connectivity index (χ0) is 22.2. The van der Waals surface area contributed by atoms with Crippen molar-refractivity contribution in [2.24, 2.45) is 0 Å². The van der Waals surface area contributed by atoms with E-state index in [9.17, 15) is 14.4 Å². The number of likely N-dealkylation sites (tertiary alicyclic amines) is 1. The Bertz CT molecular complexity index is 929. The van der Waals surface area contributed by atoms with Gasteiger partial charge in [0.1, 0.15) is 6.54 Å². The summed E-state index contributed by atoms with van der Waals surface area (Å²) in [6, 6.07) is 14.7. The number of nitrogens with zero attached hydrogens (tertiary/aromatic N) is 2. The van der Waals surface area contributed by atoms with E-state index < -0.39 is 0 Å². The highest BCUT2D eigenvalue weighted by molar-refractivity contribution is 6.08. The zero-order valence-electron chi connectivity index (χ0n) is 18.0. The van der Waals surface area contributed by atoms with Crippen LogP contribution >= 0.6 is 0 Å². The molecule has 2 aromatic rings. The maximum absolute atomic E-state index is 13.3. The molecule has 1 fully saturated rings. The van der Waals surface area contributed by atoms with Crippen LogP contribution in [0.5, 0.6) is 0 Å². The standard InChI is InChI=1S/C25H29N3O3/c1-3-23(29)26-17-20-9-11-21(12-10-20)25(31)28(22-13-7-19(2)8-14-22)18-24(30)27-15-5-4-6-16-27/h3,7-14H,1,4-6,15-18H2,2H3,(H,26,29). The van der Waals surface area contributed by atoms with Crippen molar-refractivity contribution < 1.29 is 14.4 Å². The highest BCUT2D eigenvalue weighted by Gasteiger charge is 2.24. The summed E-state index contributed by atoms with van der Waals surface area (Å²) in [6.45, 7) is 7.28. The molecule has 0 aliphatic carbocycles. The summed E-state index contributed by atoms with van der Waals surface area (Å²) in [4.78, 5) is 41.0. The minimum Gasteiger partial charge on any atom is -0.348 e. The molecule has 3 rings (SSSR count). The summed E-state index contributed by atoms with van der Waals surface area (Å²) in [5.41, 5.74) is 3.15. The Morgan fingerprint density at radius 1 is 1.00 bits per heavy atom. The van der Waals surface area contributed by atoms with Crippen LogP contribution < -0.4 is 10.2 Å². The second-order valence-corrected chi connectivity index (χ2v) is 7.79. The molecule has 31 heavy (non-hydrogen) atoms. The zero-order valence-corrected chi connectivity index (χ0v) is 18.0. The number of piperidine rings is 1. The Balaban J connectivity index is 1.78. The fraction of sp³-hybridized carbons (Fsp3) is 0.320. The molecule has 6 heteroatoms. The smallest absolute Gasteiger partial charge is 0.258 e. The monoisotopic (exact) mass is 419 g/mol. The van der Waals surface area contributed by atoms with Gasteiger partial charge in [-0.1, -0.05) is 36.4 Å². The van der Waals surface area contributed by atoms with E-state index in [1.54, 1.807) is 29.2 Å². The number of rotatable bonds is 7. The highest BCUT2D eigenvalue weighted by Crippen LogP contribution is 2.20. The second kappa shape index (κ2) is 10.6. The van der Waals surface area contributed by atoms with Crippen LogP contribution in [0.2, 0.25) is 0 Å². The predicted molar refractivity (Wildman–Crippen MR) is 122 cm³/mol. The molecule has 0 spiro atoms. The van der Waals surface area contributed by atoms with Crippen molar-refractivity contribution in [2.75, 3.05) is 24.5 Å². The molecule has 6 nitrogen and oxygen atoms in total. The van der Waals surface area contributed by atoms with Crippen LogP contribution in [0, 0.1) is 6.92 Å². The van der Waals surface area contributed by atoms with Gasteiger partial charge in [-0.2, -0.15) is 0 Å². The van der Waals surface area contributed by atoms with Crippen molar-refractivity contribution >= 4 is 23.4 Å². The number of hydrogen-bond donors (Lipinski definition) is 1. The number of aryl methyl sites for hydroxylation is 1. The van der Waals surface area contributed by atoms with Gasteiger partial charge in [0, 0.05) is 30.9 Å². The highest BCUT2D eigenvalue weighted by atomic mass is 16.2. The van der Waals surface area contributed by atoms with E-state index in [0.29, 0.717) is 17.8 Å². The number of anilines is 1. The molecular weight excluding hydrogens is 390 g/mol. The van der Waals surface area contributed by atoms with Crippen molar-refractivity contribution in [3.8, 4) is 0 Å². The van der Waals surface area contributed by atoms with Crippen molar-refractivity contribution in [3.05, 3.63) is 77.9 Å². The minimum absolute atomic E-state index is 0.0129. The van der Waals surface area contributed by atoms with Gasteiger partial charge in [0.2, 0.25) is 11.8 Å². The van der Waals surface area contributed by atoms with Gasteiger partial charge >= 0.3 is 0 Å². The van der Waals surface area contributed by atoms with Crippen molar-refractivity contribution in [1.29, 1.82) is 0 Å². The Morgan fingerprint density at radius 2 is 1.65 bits per heavy atom. The van der Waals surface area contributed by atoms with Crippen LogP contribution in [0.1, 0.15) is 40.7 Å². The van der Waals surface area contributed by atoms with Gasteiger partial charge < -0.3 is 10.2 Å². The fourth-order valence-electron chi connectivity index (χ4n) is 3.57. The first-order chi connectivity index (χ1) is 15.0. The summed E-state index contributed by atoms with van der Waals surface area (Å²) in [5, 5.41) is 2.71. The largest absolute Gasteiger partial charge is 0.348 e. The Morgan fingerprint density at radius 3 is 2.26 bits per heavy atom. The molecule has 162 valence electrons. The summed E-state index contributed by atoms with van der Waals surface area (Å²) in [5.74, 6) is -0.504. The number of carbonyl (C=O) groups excluding carboxylic acids is 3. The van der Waals surface area contributed by atoms with Crippen LogP contribution in [0.25, 0.3) is 0 Å². The van der Waals surface area contributed by atoms with Gasteiger partial charge in [-0.25, -0.2) is 0 Å². The number of carbonyl (C=O) groups is 3. The summed E-state index contributed by atoms with van der Waals surface area (Å²) in [7, 11) is 0. The first-order valence-corrected chi connectivity index (χ1v) is 10.6. The normalized spacial score (nSPS) is 13.4. The lowest BCUT2D eigenvalue weighted by molar-refractivity contribution is -0.130. The quantitative estimate of drug-likeness (QED) is 0.699. The second-order valence-electron chi connectivity index (χ2n) is 7.79. The number of amides is 3. The molecule has 0 unspecified atom stereocenters. The van der Waals surface area contributed by atoms with E-state index in [4.69, 9.17) is 0 Å². The molecule has 0 atom stereocenters. The molecule has 0 saturated carbocycles. The van der Waals surface area contributed by atoms with E-state index in [1.165, 1.54) is 6.08 Å². The molecule has 1 heterocycles. The first kappa shape index (κ1) is 22.3. The maximum atomic E-state index is 13.3. The van der Waals surface area contributed by atoms with Crippen molar-refractivity contribution in [1.82, 2.24) is 10.2 Å². The van der Waals surface area contributed by atoms with Gasteiger partial charge in [0.05, 0.1) is 0 Å². The third-order valence-electron chi connectivity index (χ3n) is 5.45. The van der Waals surface area contributed by atoms with Gasteiger partial charge in [-0.05, 0) is 62.1 Å². The molecular formula is C25H29N3O3. The number of hydrogen-bond acceptors (Lipinski definition) is 3. The van der Waals surface area contributed by atoms with E-state index >= 15 is 0 Å². The predicted octanol–water partition coefficient (Wildman–Crippen LogP) is 3.46.